The predicted molar refractivity (Wildman–Crippen MR) is 92.1 cm³/mol. The van der Waals surface area contributed by atoms with E-state index < -0.39 is 11.0 Å². The average Bonchev–Trinajstić information content (AvgIpc) is 2.65. The molecule has 0 aliphatic carbocycles. The number of carbonyl (C=O) groups excluding carboxylic acids is 1. The Hall–Kier alpha value is -3.32. The van der Waals surface area contributed by atoms with Gasteiger partial charge in [0, 0.05) is 30.3 Å². The molecule has 0 saturated heterocycles. The monoisotopic (exact) mass is 337 g/mol. The Labute approximate surface area is 143 Å². The first-order valence-electron chi connectivity index (χ1n) is 7.60. The molecular weight excluding hydrogens is 322 g/mol. The number of fused-ring (bicyclic) bond motifs is 1. The Kier molecular flexibility index (Phi) is 4.67. The highest BCUT2D eigenvalue weighted by atomic mass is 16.6. The first-order chi connectivity index (χ1) is 12.1. The number of non-ortho nitro benzene ring substituents is 1. The lowest BCUT2D eigenvalue weighted by atomic mass is 10.1. The van der Waals surface area contributed by atoms with Crippen molar-refractivity contribution in [3.8, 4) is 0 Å². The molecule has 2 aromatic carbocycles. The summed E-state index contributed by atoms with van der Waals surface area (Å²) < 4.78 is 0. The molecule has 0 radical (unpaired) electrons. The van der Waals surface area contributed by atoms with Crippen LogP contribution in [0.15, 0.2) is 60.8 Å². The van der Waals surface area contributed by atoms with Gasteiger partial charge in [0.15, 0.2) is 0 Å². The number of nitro groups is 1. The first kappa shape index (κ1) is 16.5. The zero-order valence-corrected chi connectivity index (χ0v) is 13.1. The summed E-state index contributed by atoms with van der Waals surface area (Å²) in [5.74, 6) is -0.342. The second kappa shape index (κ2) is 7.06. The third-order valence-electron chi connectivity index (χ3n) is 3.82. The highest BCUT2D eigenvalue weighted by molar-refractivity contribution is 6.05. The Balaban J connectivity index is 1.70. The molecule has 1 atom stereocenters. The topological polar surface area (TPSA) is 105 Å². The maximum absolute atomic E-state index is 12.4. The fourth-order valence-electron chi connectivity index (χ4n) is 2.51. The van der Waals surface area contributed by atoms with Gasteiger partial charge in [-0.3, -0.25) is 19.9 Å². The fourth-order valence-corrected chi connectivity index (χ4v) is 2.51. The molecule has 126 valence electrons. The summed E-state index contributed by atoms with van der Waals surface area (Å²) in [6.07, 6.45) is 0.651. The van der Waals surface area contributed by atoms with Gasteiger partial charge in [-0.2, -0.15) is 0 Å². The Bertz CT molecular complexity index is 920. The van der Waals surface area contributed by atoms with Gasteiger partial charge in [-0.25, -0.2) is 0 Å². The lowest BCUT2D eigenvalue weighted by Crippen LogP contribution is -2.28. The summed E-state index contributed by atoms with van der Waals surface area (Å²) in [5.41, 5.74) is 1.45. The highest BCUT2D eigenvalue weighted by Crippen LogP contribution is 2.18. The van der Waals surface area contributed by atoms with Crippen molar-refractivity contribution in [2.24, 2.45) is 0 Å². The quantitative estimate of drug-likeness (QED) is 0.550. The molecule has 7 nitrogen and oxygen atoms in total. The number of amides is 1. The van der Waals surface area contributed by atoms with Crippen LogP contribution in [0.2, 0.25) is 0 Å². The number of carbonyl (C=O) groups is 1. The molecule has 0 bridgehead atoms. The molecule has 3 aromatic rings. The first-order valence-corrected chi connectivity index (χ1v) is 7.60. The summed E-state index contributed by atoms with van der Waals surface area (Å²) in [5, 5.41) is 24.3. The molecule has 1 heterocycles. The van der Waals surface area contributed by atoms with Crippen LogP contribution in [0.25, 0.3) is 10.9 Å². The van der Waals surface area contributed by atoms with Crippen molar-refractivity contribution in [1.29, 1.82) is 0 Å². The van der Waals surface area contributed by atoms with E-state index in [4.69, 9.17) is 0 Å². The van der Waals surface area contributed by atoms with Crippen molar-refractivity contribution >= 4 is 22.5 Å². The zero-order chi connectivity index (χ0) is 17.8. The number of hydrogen-bond donors (Lipinski definition) is 2. The molecule has 2 N–H and O–H groups in total. The van der Waals surface area contributed by atoms with E-state index in [9.17, 15) is 20.0 Å². The van der Waals surface area contributed by atoms with Crippen LogP contribution in [0.4, 0.5) is 5.69 Å². The number of nitrogens with zero attached hydrogens (tertiary/aromatic N) is 2. The second-order valence-corrected chi connectivity index (χ2v) is 5.46. The van der Waals surface area contributed by atoms with Gasteiger partial charge < -0.3 is 10.4 Å². The number of benzene rings is 2. The Morgan fingerprint density at radius 3 is 2.60 bits per heavy atom. The summed E-state index contributed by atoms with van der Waals surface area (Å²) in [6.45, 7) is -0.0140. The SMILES string of the molecule is O=C(NC[C@H](O)c1ccc([N+](=O)[O-])cc1)c1cccc2cccnc12. The maximum atomic E-state index is 12.4. The third-order valence-corrected chi connectivity index (χ3v) is 3.82. The van der Waals surface area contributed by atoms with Crippen LogP contribution in [0.3, 0.4) is 0 Å². The lowest BCUT2D eigenvalue weighted by Gasteiger charge is -2.13. The van der Waals surface area contributed by atoms with Gasteiger partial charge in [-0.1, -0.05) is 18.2 Å². The molecule has 0 aliphatic heterocycles. The van der Waals surface area contributed by atoms with Crippen molar-refractivity contribution < 1.29 is 14.8 Å². The average molecular weight is 337 g/mol. The van der Waals surface area contributed by atoms with Crippen LogP contribution in [0, 0.1) is 10.1 Å². The summed E-state index contributed by atoms with van der Waals surface area (Å²) in [7, 11) is 0. The number of rotatable bonds is 5. The zero-order valence-electron chi connectivity index (χ0n) is 13.1. The van der Waals surface area contributed by atoms with Crippen molar-refractivity contribution in [3.05, 3.63) is 82.0 Å². The van der Waals surface area contributed by atoms with Crippen LogP contribution in [-0.2, 0) is 0 Å². The normalized spacial score (nSPS) is 11.9. The Morgan fingerprint density at radius 1 is 1.16 bits per heavy atom. The fraction of sp³-hybridized carbons (Fsp3) is 0.111. The predicted octanol–water partition coefficient (Wildman–Crippen LogP) is 2.61. The van der Waals surface area contributed by atoms with Crippen LogP contribution in [0.5, 0.6) is 0 Å². The number of nitro benzene ring substituents is 1. The van der Waals surface area contributed by atoms with E-state index in [2.05, 4.69) is 10.3 Å². The van der Waals surface area contributed by atoms with Gasteiger partial charge in [0.05, 0.1) is 22.1 Å². The van der Waals surface area contributed by atoms with E-state index in [-0.39, 0.29) is 18.1 Å². The van der Waals surface area contributed by atoms with Gasteiger partial charge in [-0.05, 0) is 29.8 Å². The van der Waals surface area contributed by atoms with Crippen molar-refractivity contribution in [1.82, 2.24) is 10.3 Å². The minimum atomic E-state index is -0.965. The van der Waals surface area contributed by atoms with Crippen LogP contribution in [0.1, 0.15) is 22.0 Å². The smallest absolute Gasteiger partial charge is 0.269 e. The van der Waals surface area contributed by atoms with Gasteiger partial charge in [0.25, 0.3) is 11.6 Å². The number of hydrogen-bond acceptors (Lipinski definition) is 5. The number of aromatic nitrogens is 1. The molecule has 0 aliphatic rings. The van der Waals surface area contributed by atoms with Gasteiger partial charge in [-0.15, -0.1) is 0 Å². The van der Waals surface area contributed by atoms with Crippen molar-refractivity contribution in [2.75, 3.05) is 6.54 Å². The number of nitrogens with one attached hydrogen (secondary N) is 1. The molecule has 0 unspecified atom stereocenters. The standard InChI is InChI=1S/C18H15N3O4/c22-16(12-6-8-14(9-7-12)21(24)25)11-20-18(23)15-5-1-3-13-4-2-10-19-17(13)15/h1-10,16,22H,11H2,(H,20,23)/t16-/m0/s1. The van der Waals surface area contributed by atoms with Crippen LogP contribution >= 0.6 is 0 Å². The minimum absolute atomic E-state index is 0.0140. The van der Waals surface area contributed by atoms with Gasteiger partial charge in [0.1, 0.15) is 0 Å². The van der Waals surface area contributed by atoms with E-state index in [0.717, 1.165) is 5.39 Å². The highest BCUT2D eigenvalue weighted by Gasteiger charge is 2.14. The van der Waals surface area contributed by atoms with Crippen LogP contribution < -0.4 is 5.32 Å². The van der Waals surface area contributed by atoms with E-state index in [1.807, 2.05) is 12.1 Å². The third kappa shape index (κ3) is 3.61. The Morgan fingerprint density at radius 2 is 1.88 bits per heavy atom. The molecule has 0 saturated carbocycles. The van der Waals surface area contributed by atoms with E-state index in [1.165, 1.54) is 24.3 Å². The molecule has 1 aromatic heterocycles. The number of aliphatic hydroxyl groups excluding tert-OH is 1. The molecule has 1 amide bonds. The molecule has 7 heteroatoms. The molecule has 0 fully saturated rings. The van der Waals surface area contributed by atoms with Gasteiger partial charge in [0.2, 0.25) is 0 Å². The number of pyridine rings is 1. The minimum Gasteiger partial charge on any atom is -0.387 e. The number of aliphatic hydroxyl groups is 1. The van der Waals surface area contributed by atoms with E-state index in [1.54, 1.807) is 24.4 Å². The van der Waals surface area contributed by atoms with Crippen molar-refractivity contribution in [3.63, 3.8) is 0 Å². The lowest BCUT2D eigenvalue weighted by molar-refractivity contribution is -0.384. The molecular formula is C18H15N3O4. The molecule has 25 heavy (non-hydrogen) atoms. The van der Waals surface area contributed by atoms with E-state index in [0.29, 0.717) is 16.6 Å². The van der Waals surface area contributed by atoms with Crippen molar-refractivity contribution in [2.45, 2.75) is 6.10 Å². The summed E-state index contributed by atoms with van der Waals surface area (Å²) in [4.78, 5) is 26.7. The summed E-state index contributed by atoms with van der Waals surface area (Å²) >= 11 is 0. The molecule has 0 spiro atoms. The largest absolute Gasteiger partial charge is 0.387 e. The molecule has 3 rings (SSSR count). The maximum Gasteiger partial charge on any atom is 0.269 e. The number of para-hydroxylation sites is 1. The van der Waals surface area contributed by atoms with E-state index >= 15 is 0 Å². The van der Waals surface area contributed by atoms with Gasteiger partial charge >= 0.3 is 0 Å². The van der Waals surface area contributed by atoms with Crippen LogP contribution in [-0.4, -0.2) is 27.5 Å². The second-order valence-electron chi connectivity index (χ2n) is 5.46. The summed E-state index contributed by atoms with van der Waals surface area (Å²) in [6, 6.07) is 14.5.